The summed E-state index contributed by atoms with van der Waals surface area (Å²) >= 11 is 0. The smallest absolute Gasteiger partial charge is 0.222 e. The number of carbonyl (C=O) groups is 1. The zero-order valence-electron chi connectivity index (χ0n) is 16.7. The lowest BCUT2D eigenvalue weighted by atomic mass is 10.2. The van der Waals surface area contributed by atoms with Gasteiger partial charge in [-0.1, -0.05) is 19.1 Å². The van der Waals surface area contributed by atoms with E-state index in [2.05, 4.69) is 15.6 Å². The lowest BCUT2D eigenvalue weighted by molar-refractivity contribution is -0.129. The van der Waals surface area contributed by atoms with Crippen LogP contribution in [0.25, 0.3) is 0 Å². The van der Waals surface area contributed by atoms with Crippen LogP contribution in [0.15, 0.2) is 29.3 Å². The van der Waals surface area contributed by atoms with Crippen LogP contribution < -0.4 is 15.5 Å². The van der Waals surface area contributed by atoms with E-state index in [4.69, 9.17) is 0 Å². The fourth-order valence-corrected chi connectivity index (χ4v) is 3.22. The van der Waals surface area contributed by atoms with Gasteiger partial charge in [0.25, 0.3) is 0 Å². The number of amides is 1. The summed E-state index contributed by atoms with van der Waals surface area (Å²) in [7, 11) is 1.89. The summed E-state index contributed by atoms with van der Waals surface area (Å²) < 4.78 is 13.8. The SMILES string of the molecule is CCNC(=NCCCN(C)c1ccccc1F)NC1CCN(C(=O)CC)C1. The van der Waals surface area contributed by atoms with Gasteiger partial charge in [0.1, 0.15) is 5.82 Å². The number of guanidine groups is 1. The van der Waals surface area contributed by atoms with Crippen LogP contribution in [0.2, 0.25) is 0 Å². The Morgan fingerprint density at radius 3 is 2.85 bits per heavy atom. The monoisotopic (exact) mass is 377 g/mol. The van der Waals surface area contributed by atoms with Gasteiger partial charge < -0.3 is 20.4 Å². The van der Waals surface area contributed by atoms with Gasteiger partial charge in [-0.05, 0) is 31.9 Å². The van der Waals surface area contributed by atoms with Crippen molar-refractivity contribution in [1.82, 2.24) is 15.5 Å². The van der Waals surface area contributed by atoms with Crippen molar-refractivity contribution in [2.24, 2.45) is 4.99 Å². The standard InChI is InChI=1S/C20H32FN5O/c1-4-19(27)26-14-11-16(15-26)24-20(22-5-2)23-12-8-13-25(3)18-10-7-6-9-17(18)21/h6-7,9-10,16H,4-5,8,11-15H2,1-3H3,(H2,22,23,24). The average molecular weight is 378 g/mol. The van der Waals surface area contributed by atoms with E-state index in [9.17, 15) is 9.18 Å². The summed E-state index contributed by atoms with van der Waals surface area (Å²) in [4.78, 5) is 20.3. The number of hydrogen-bond acceptors (Lipinski definition) is 3. The molecule has 7 heteroatoms. The predicted molar refractivity (Wildman–Crippen MR) is 109 cm³/mol. The van der Waals surface area contributed by atoms with E-state index in [0.717, 1.165) is 45.0 Å². The van der Waals surface area contributed by atoms with E-state index >= 15 is 0 Å². The molecule has 0 aliphatic carbocycles. The lowest BCUT2D eigenvalue weighted by Crippen LogP contribution is -2.45. The van der Waals surface area contributed by atoms with E-state index in [0.29, 0.717) is 18.7 Å². The summed E-state index contributed by atoms with van der Waals surface area (Å²) in [5.41, 5.74) is 0.609. The van der Waals surface area contributed by atoms with Gasteiger partial charge in [-0.15, -0.1) is 0 Å². The molecule has 27 heavy (non-hydrogen) atoms. The van der Waals surface area contributed by atoms with Crippen LogP contribution in [-0.2, 0) is 4.79 Å². The Labute approximate surface area is 161 Å². The first-order valence-corrected chi connectivity index (χ1v) is 9.83. The van der Waals surface area contributed by atoms with E-state index < -0.39 is 0 Å². The molecule has 0 saturated carbocycles. The van der Waals surface area contributed by atoms with Crippen molar-refractivity contribution < 1.29 is 9.18 Å². The number of nitrogens with zero attached hydrogens (tertiary/aromatic N) is 3. The highest BCUT2D eigenvalue weighted by molar-refractivity contribution is 5.80. The minimum Gasteiger partial charge on any atom is -0.372 e. The third-order valence-corrected chi connectivity index (χ3v) is 4.71. The van der Waals surface area contributed by atoms with Gasteiger partial charge in [0.2, 0.25) is 5.91 Å². The Morgan fingerprint density at radius 2 is 2.15 bits per heavy atom. The van der Waals surface area contributed by atoms with Gasteiger partial charge in [-0.25, -0.2) is 4.39 Å². The van der Waals surface area contributed by atoms with Crippen molar-refractivity contribution in [3.63, 3.8) is 0 Å². The second-order valence-electron chi connectivity index (χ2n) is 6.81. The number of aliphatic imine (C=N–C) groups is 1. The third-order valence-electron chi connectivity index (χ3n) is 4.71. The molecule has 2 rings (SSSR count). The number of halogens is 1. The quantitative estimate of drug-likeness (QED) is 0.414. The molecule has 1 aromatic rings. The van der Waals surface area contributed by atoms with Gasteiger partial charge in [0, 0.05) is 52.2 Å². The van der Waals surface area contributed by atoms with Gasteiger partial charge in [0.05, 0.1) is 5.69 Å². The van der Waals surface area contributed by atoms with E-state index in [1.165, 1.54) is 6.07 Å². The highest BCUT2D eigenvalue weighted by atomic mass is 19.1. The minimum absolute atomic E-state index is 0.203. The number of likely N-dealkylation sites (tertiary alicyclic amines) is 1. The molecule has 1 aliphatic heterocycles. The fourth-order valence-electron chi connectivity index (χ4n) is 3.22. The molecule has 2 N–H and O–H groups in total. The lowest BCUT2D eigenvalue weighted by Gasteiger charge is -2.20. The molecular weight excluding hydrogens is 345 g/mol. The zero-order chi connectivity index (χ0) is 19.6. The molecule has 1 heterocycles. The Hall–Kier alpha value is -2.31. The number of nitrogens with one attached hydrogen (secondary N) is 2. The largest absolute Gasteiger partial charge is 0.372 e. The molecular formula is C20H32FN5O. The van der Waals surface area contributed by atoms with Crippen LogP contribution >= 0.6 is 0 Å². The van der Waals surface area contributed by atoms with Crippen LogP contribution in [0, 0.1) is 5.82 Å². The summed E-state index contributed by atoms with van der Waals surface area (Å²) in [6.45, 7) is 7.62. The normalized spacial score (nSPS) is 17.1. The van der Waals surface area contributed by atoms with Crippen molar-refractivity contribution in [3.8, 4) is 0 Å². The third kappa shape index (κ3) is 6.41. The molecule has 0 bridgehead atoms. The highest BCUT2D eigenvalue weighted by Gasteiger charge is 2.25. The fraction of sp³-hybridized carbons (Fsp3) is 0.600. The van der Waals surface area contributed by atoms with Crippen molar-refractivity contribution in [2.75, 3.05) is 44.7 Å². The topological polar surface area (TPSA) is 60.0 Å². The first-order chi connectivity index (χ1) is 13.0. The molecule has 1 saturated heterocycles. The molecule has 0 aromatic heterocycles. The molecule has 1 atom stereocenters. The van der Waals surface area contributed by atoms with Gasteiger partial charge in [-0.3, -0.25) is 9.79 Å². The maximum Gasteiger partial charge on any atom is 0.222 e. The molecule has 1 aliphatic rings. The van der Waals surface area contributed by atoms with Gasteiger partial charge in [-0.2, -0.15) is 0 Å². The van der Waals surface area contributed by atoms with Crippen LogP contribution in [0.4, 0.5) is 10.1 Å². The number of hydrogen-bond donors (Lipinski definition) is 2. The zero-order valence-corrected chi connectivity index (χ0v) is 16.7. The van der Waals surface area contributed by atoms with E-state index in [1.807, 2.05) is 36.8 Å². The van der Waals surface area contributed by atoms with Crippen LogP contribution in [-0.4, -0.2) is 62.6 Å². The predicted octanol–water partition coefficient (Wildman–Crippen LogP) is 2.22. The number of benzene rings is 1. The first-order valence-electron chi connectivity index (χ1n) is 9.83. The Bertz CT molecular complexity index is 637. The Balaban J connectivity index is 1.80. The molecule has 6 nitrogen and oxygen atoms in total. The molecule has 1 fully saturated rings. The second kappa shape index (κ2) is 10.7. The van der Waals surface area contributed by atoms with E-state index in [1.54, 1.807) is 12.1 Å². The molecule has 0 spiro atoms. The molecule has 1 aromatic carbocycles. The van der Waals surface area contributed by atoms with Crippen LogP contribution in [0.3, 0.4) is 0 Å². The summed E-state index contributed by atoms with van der Waals surface area (Å²) in [6, 6.07) is 7.04. The molecule has 1 amide bonds. The maximum absolute atomic E-state index is 13.8. The van der Waals surface area contributed by atoms with Crippen molar-refractivity contribution in [3.05, 3.63) is 30.1 Å². The van der Waals surface area contributed by atoms with Gasteiger partial charge in [0.15, 0.2) is 5.96 Å². The molecule has 0 radical (unpaired) electrons. The molecule has 1 unspecified atom stereocenters. The first kappa shape index (κ1) is 21.0. The van der Waals surface area contributed by atoms with E-state index in [-0.39, 0.29) is 17.8 Å². The number of carbonyl (C=O) groups excluding carboxylic acids is 1. The van der Waals surface area contributed by atoms with Crippen molar-refractivity contribution in [1.29, 1.82) is 0 Å². The average Bonchev–Trinajstić information content (AvgIpc) is 3.13. The van der Waals surface area contributed by atoms with Gasteiger partial charge >= 0.3 is 0 Å². The number of anilines is 1. The summed E-state index contributed by atoms with van der Waals surface area (Å²) in [5, 5.41) is 6.68. The van der Waals surface area contributed by atoms with Crippen molar-refractivity contribution >= 4 is 17.6 Å². The Morgan fingerprint density at radius 1 is 1.37 bits per heavy atom. The number of rotatable bonds is 8. The second-order valence-corrected chi connectivity index (χ2v) is 6.81. The van der Waals surface area contributed by atoms with Crippen molar-refractivity contribution in [2.45, 2.75) is 39.2 Å². The summed E-state index contributed by atoms with van der Waals surface area (Å²) in [6.07, 6.45) is 2.31. The minimum atomic E-state index is -0.203. The van der Waals surface area contributed by atoms with Crippen LogP contribution in [0.5, 0.6) is 0 Å². The Kier molecular flexibility index (Phi) is 8.36. The maximum atomic E-state index is 13.8. The van der Waals surface area contributed by atoms with Crippen LogP contribution in [0.1, 0.15) is 33.1 Å². The summed E-state index contributed by atoms with van der Waals surface area (Å²) in [5.74, 6) is 0.783. The molecule has 150 valence electrons. The number of para-hydroxylation sites is 1. The highest BCUT2D eigenvalue weighted by Crippen LogP contribution is 2.17.